The predicted molar refractivity (Wildman–Crippen MR) is 104 cm³/mol. The van der Waals surface area contributed by atoms with E-state index in [4.69, 9.17) is 4.74 Å². The molecule has 3 rings (SSSR count). The number of hydrogen-bond donors (Lipinski definition) is 1. The van der Waals surface area contributed by atoms with E-state index >= 15 is 0 Å². The van der Waals surface area contributed by atoms with Crippen LogP contribution in [-0.4, -0.2) is 32.3 Å². The van der Waals surface area contributed by atoms with E-state index in [1.807, 2.05) is 24.3 Å². The molecule has 0 saturated carbocycles. The van der Waals surface area contributed by atoms with Gasteiger partial charge in [0.15, 0.2) is 0 Å². The fourth-order valence-electron chi connectivity index (χ4n) is 3.47. The average molecular weight is 388 g/mol. The molecule has 0 spiro atoms. The first kappa shape index (κ1) is 19.4. The molecule has 1 aliphatic heterocycles. The van der Waals surface area contributed by atoms with Gasteiger partial charge in [-0.1, -0.05) is 18.2 Å². The number of rotatable bonds is 5. The van der Waals surface area contributed by atoms with E-state index < -0.39 is 10.0 Å². The van der Waals surface area contributed by atoms with Crippen LogP contribution in [0.3, 0.4) is 0 Å². The van der Waals surface area contributed by atoms with Gasteiger partial charge in [-0.05, 0) is 55.2 Å². The van der Waals surface area contributed by atoms with Crippen LogP contribution in [0, 0.1) is 6.92 Å². The monoisotopic (exact) mass is 388 g/mol. The van der Waals surface area contributed by atoms with Crippen molar-refractivity contribution in [2.45, 2.75) is 37.6 Å². The summed E-state index contributed by atoms with van der Waals surface area (Å²) in [5, 5.41) is 2.65. The van der Waals surface area contributed by atoms with Crippen molar-refractivity contribution < 1.29 is 17.9 Å². The Morgan fingerprint density at radius 1 is 1.19 bits per heavy atom. The molecule has 0 radical (unpaired) electrons. The lowest BCUT2D eigenvalue weighted by molar-refractivity contribution is -0.114. The maximum Gasteiger partial charge on any atom is 0.243 e. The summed E-state index contributed by atoms with van der Waals surface area (Å²) in [6.07, 6.45) is 1.58. The van der Waals surface area contributed by atoms with Crippen LogP contribution in [0.1, 0.15) is 36.9 Å². The summed E-state index contributed by atoms with van der Waals surface area (Å²) in [6, 6.07) is 12.3. The zero-order valence-electron chi connectivity index (χ0n) is 15.7. The van der Waals surface area contributed by atoms with Gasteiger partial charge in [0.2, 0.25) is 15.9 Å². The topological polar surface area (TPSA) is 75.7 Å². The van der Waals surface area contributed by atoms with E-state index in [1.54, 1.807) is 30.5 Å². The first-order valence-corrected chi connectivity index (χ1v) is 10.3. The molecule has 0 aromatic heterocycles. The van der Waals surface area contributed by atoms with Gasteiger partial charge < -0.3 is 10.1 Å². The molecule has 1 amide bonds. The van der Waals surface area contributed by atoms with Crippen LogP contribution >= 0.6 is 0 Å². The molecule has 1 heterocycles. The molecule has 0 aliphatic carbocycles. The average Bonchev–Trinajstić information content (AvgIpc) is 3.13. The zero-order chi connectivity index (χ0) is 19.6. The van der Waals surface area contributed by atoms with Crippen LogP contribution in [0.2, 0.25) is 0 Å². The van der Waals surface area contributed by atoms with E-state index in [9.17, 15) is 13.2 Å². The highest BCUT2D eigenvalue weighted by Crippen LogP contribution is 2.38. The Morgan fingerprint density at radius 2 is 1.89 bits per heavy atom. The Morgan fingerprint density at radius 3 is 2.52 bits per heavy atom. The van der Waals surface area contributed by atoms with Gasteiger partial charge in [0.1, 0.15) is 5.75 Å². The molecule has 0 bridgehead atoms. The Labute approximate surface area is 160 Å². The number of carbonyl (C=O) groups is 1. The summed E-state index contributed by atoms with van der Waals surface area (Å²) < 4.78 is 33.5. The third-order valence-electron chi connectivity index (χ3n) is 4.80. The van der Waals surface area contributed by atoms with Crippen molar-refractivity contribution >= 4 is 21.6 Å². The van der Waals surface area contributed by atoms with Crippen LogP contribution in [0.25, 0.3) is 0 Å². The molecule has 2 aromatic rings. The van der Waals surface area contributed by atoms with Gasteiger partial charge in [0.05, 0.1) is 18.0 Å². The van der Waals surface area contributed by atoms with E-state index in [1.165, 1.54) is 13.0 Å². The summed E-state index contributed by atoms with van der Waals surface area (Å²) in [5.74, 6) is 0.504. The van der Waals surface area contributed by atoms with Crippen molar-refractivity contribution in [2.24, 2.45) is 0 Å². The van der Waals surface area contributed by atoms with Gasteiger partial charge in [-0.3, -0.25) is 4.79 Å². The lowest BCUT2D eigenvalue weighted by Crippen LogP contribution is -2.31. The number of benzene rings is 2. The van der Waals surface area contributed by atoms with Crippen LogP contribution in [0.15, 0.2) is 47.4 Å². The van der Waals surface area contributed by atoms with Gasteiger partial charge in [-0.15, -0.1) is 0 Å². The van der Waals surface area contributed by atoms with Crippen molar-refractivity contribution in [3.05, 3.63) is 53.6 Å². The maximum absolute atomic E-state index is 13.4. The summed E-state index contributed by atoms with van der Waals surface area (Å²) in [6.45, 7) is 3.64. The summed E-state index contributed by atoms with van der Waals surface area (Å²) in [5.41, 5.74) is 2.09. The number of aryl methyl sites for hydroxylation is 1. The standard InChI is InChI=1S/C20H24N2O4S/c1-14-6-9-17(21-15(2)23)13-20(14)27(24,25)22-12-4-5-19(22)16-7-10-18(26-3)11-8-16/h6-11,13,19H,4-5,12H2,1-3H3,(H,21,23). The molecule has 7 heteroatoms. The minimum Gasteiger partial charge on any atom is -0.497 e. The van der Waals surface area contributed by atoms with E-state index in [-0.39, 0.29) is 16.8 Å². The number of carbonyl (C=O) groups excluding carboxylic acids is 1. The quantitative estimate of drug-likeness (QED) is 0.851. The molecule has 6 nitrogen and oxygen atoms in total. The summed E-state index contributed by atoms with van der Waals surface area (Å²) in [4.78, 5) is 11.6. The smallest absolute Gasteiger partial charge is 0.243 e. The number of nitrogens with zero attached hydrogens (tertiary/aromatic N) is 1. The fourth-order valence-corrected chi connectivity index (χ4v) is 5.41. The summed E-state index contributed by atoms with van der Waals surface area (Å²) >= 11 is 0. The van der Waals surface area contributed by atoms with Gasteiger partial charge in [-0.2, -0.15) is 4.31 Å². The third kappa shape index (κ3) is 3.99. The highest BCUT2D eigenvalue weighted by Gasteiger charge is 2.37. The van der Waals surface area contributed by atoms with E-state index in [0.717, 1.165) is 24.2 Å². The van der Waals surface area contributed by atoms with Crippen LogP contribution < -0.4 is 10.1 Å². The van der Waals surface area contributed by atoms with Crippen molar-refractivity contribution in [3.8, 4) is 5.75 Å². The van der Waals surface area contributed by atoms with Crippen molar-refractivity contribution in [1.82, 2.24) is 4.31 Å². The van der Waals surface area contributed by atoms with Crippen LogP contribution in [0.4, 0.5) is 5.69 Å². The van der Waals surface area contributed by atoms with Gasteiger partial charge in [-0.25, -0.2) is 8.42 Å². The zero-order valence-corrected chi connectivity index (χ0v) is 16.5. The molecule has 1 fully saturated rings. The fraction of sp³-hybridized carbons (Fsp3) is 0.350. The molecule has 1 saturated heterocycles. The normalized spacial score (nSPS) is 17.7. The molecule has 1 unspecified atom stereocenters. The number of nitrogens with one attached hydrogen (secondary N) is 1. The number of methoxy groups -OCH3 is 1. The van der Waals surface area contributed by atoms with Crippen molar-refractivity contribution in [3.63, 3.8) is 0 Å². The molecule has 1 N–H and O–H groups in total. The highest BCUT2D eigenvalue weighted by molar-refractivity contribution is 7.89. The third-order valence-corrected chi connectivity index (χ3v) is 6.85. The Bertz CT molecular complexity index is 939. The van der Waals surface area contributed by atoms with Gasteiger partial charge in [0, 0.05) is 19.2 Å². The largest absolute Gasteiger partial charge is 0.497 e. The number of anilines is 1. The molecule has 2 aromatic carbocycles. The Balaban J connectivity index is 1.96. The molecule has 1 atom stereocenters. The van der Waals surface area contributed by atoms with Gasteiger partial charge >= 0.3 is 0 Å². The minimum absolute atomic E-state index is 0.204. The lowest BCUT2D eigenvalue weighted by atomic mass is 10.1. The number of sulfonamides is 1. The second-order valence-corrected chi connectivity index (χ2v) is 8.57. The Kier molecular flexibility index (Phi) is 5.53. The highest BCUT2D eigenvalue weighted by atomic mass is 32.2. The SMILES string of the molecule is COc1ccc(C2CCCN2S(=O)(=O)c2cc(NC(C)=O)ccc2C)cc1. The van der Waals surface area contributed by atoms with Crippen molar-refractivity contribution in [1.29, 1.82) is 0 Å². The van der Waals surface area contributed by atoms with Crippen LogP contribution in [-0.2, 0) is 14.8 Å². The molecule has 27 heavy (non-hydrogen) atoms. The molecule has 1 aliphatic rings. The van der Waals surface area contributed by atoms with Gasteiger partial charge in [0.25, 0.3) is 0 Å². The Hall–Kier alpha value is -2.38. The predicted octanol–water partition coefficient (Wildman–Crippen LogP) is 3.49. The number of ether oxygens (including phenoxy) is 1. The number of hydrogen-bond acceptors (Lipinski definition) is 4. The summed E-state index contributed by atoms with van der Waals surface area (Å²) in [7, 11) is -2.09. The lowest BCUT2D eigenvalue weighted by Gasteiger charge is -2.25. The first-order chi connectivity index (χ1) is 12.8. The molecular weight excluding hydrogens is 364 g/mol. The second-order valence-electron chi connectivity index (χ2n) is 6.71. The van der Waals surface area contributed by atoms with Crippen LogP contribution in [0.5, 0.6) is 5.75 Å². The maximum atomic E-state index is 13.4. The second kappa shape index (κ2) is 7.70. The van der Waals surface area contributed by atoms with E-state index in [2.05, 4.69) is 5.32 Å². The number of amides is 1. The van der Waals surface area contributed by atoms with Crippen molar-refractivity contribution in [2.75, 3.05) is 19.0 Å². The van der Waals surface area contributed by atoms with E-state index in [0.29, 0.717) is 17.8 Å². The molecular formula is C20H24N2O4S. The molecule has 144 valence electrons. The minimum atomic E-state index is -3.69. The first-order valence-electron chi connectivity index (χ1n) is 8.87.